The topological polar surface area (TPSA) is 194 Å². The monoisotopic (exact) mass is 728 g/mol. The second kappa shape index (κ2) is 13.9. The number of likely N-dealkylation sites (tertiary alicyclic amines) is 1. The number of aromatic nitrogens is 1. The van der Waals surface area contributed by atoms with Crippen LogP contribution in [0, 0.1) is 11.8 Å². The third kappa shape index (κ3) is 8.72. The van der Waals surface area contributed by atoms with Crippen molar-refractivity contribution in [3.05, 3.63) is 43.1 Å². The van der Waals surface area contributed by atoms with Crippen molar-refractivity contribution in [2.75, 3.05) is 13.7 Å². The van der Waals surface area contributed by atoms with Crippen molar-refractivity contribution < 1.29 is 41.3 Å². The van der Waals surface area contributed by atoms with Gasteiger partial charge in [0, 0.05) is 29.5 Å². The number of benzene rings is 1. The normalized spacial score (nSPS) is 24.3. The molecular formula is C35H48N6O9S. The van der Waals surface area contributed by atoms with E-state index in [9.17, 15) is 27.6 Å². The summed E-state index contributed by atoms with van der Waals surface area (Å²) in [4.78, 5) is 60.6. The number of carbonyl (C=O) groups is 4. The lowest BCUT2D eigenvalue weighted by molar-refractivity contribution is -0.141. The molecule has 2 aliphatic carbocycles. The van der Waals surface area contributed by atoms with Crippen molar-refractivity contribution in [3.8, 4) is 11.6 Å². The molecule has 5 atom stereocenters. The molecule has 1 aliphatic heterocycles. The number of amides is 5. The third-order valence-corrected chi connectivity index (χ3v) is 10.4. The van der Waals surface area contributed by atoms with Gasteiger partial charge in [-0.05, 0) is 82.5 Å². The summed E-state index contributed by atoms with van der Waals surface area (Å²) in [6.45, 7) is 14.3. The van der Waals surface area contributed by atoms with Gasteiger partial charge in [-0.15, -0.1) is 6.58 Å². The molecule has 16 heteroatoms. The average Bonchev–Trinajstić information content (AvgIpc) is 3.90. The van der Waals surface area contributed by atoms with Crippen LogP contribution in [0.4, 0.5) is 4.79 Å². The first-order chi connectivity index (χ1) is 23.8. The number of nitrogens with one attached hydrogen (secondary N) is 4. The SMILES string of the molecule is C=CC1C[C@]1(NC(=O)C1C[C@@H](Oc2nccc3cc(OC)ccc23)CN1C(=O)[C@@H](NC(=O)NC(C)(C)C)C(C)C)C(=O)NS(=O)(=O)OC1(C)CC1. The molecule has 2 unspecified atom stereocenters. The molecule has 1 saturated heterocycles. The minimum atomic E-state index is -4.47. The highest BCUT2D eigenvalue weighted by Gasteiger charge is 2.62. The Morgan fingerprint density at radius 2 is 1.84 bits per heavy atom. The van der Waals surface area contributed by atoms with Gasteiger partial charge in [-0.1, -0.05) is 19.9 Å². The number of methoxy groups -OCH3 is 1. The molecule has 2 aromatic rings. The largest absolute Gasteiger partial charge is 0.497 e. The highest BCUT2D eigenvalue weighted by Crippen LogP contribution is 2.46. The summed E-state index contributed by atoms with van der Waals surface area (Å²) in [5.41, 5.74) is -3.08. The van der Waals surface area contributed by atoms with Crippen LogP contribution in [0.25, 0.3) is 10.8 Å². The van der Waals surface area contributed by atoms with E-state index in [1.54, 1.807) is 52.3 Å². The summed E-state index contributed by atoms with van der Waals surface area (Å²) in [6.07, 6.45) is 3.49. The van der Waals surface area contributed by atoms with Crippen LogP contribution >= 0.6 is 0 Å². The van der Waals surface area contributed by atoms with E-state index in [0.29, 0.717) is 24.0 Å². The van der Waals surface area contributed by atoms with Gasteiger partial charge in [0.05, 0.1) is 19.3 Å². The highest BCUT2D eigenvalue weighted by molar-refractivity contribution is 7.85. The van der Waals surface area contributed by atoms with Gasteiger partial charge in [0.1, 0.15) is 29.5 Å². The smallest absolute Gasteiger partial charge is 0.362 e. The summed E-state index contributed by atoms with van der Waals surface area (Å²) in [5, 5.41) is 9.79. The van der Waals surface area contributed by atoms with Gasteiger partial charge in [0.15, 0.2) is 0 Å². The quantitative estimate of drug-likeness (QED) is 0.223. The molecule has 5 amide bonds. The van der Waals surface area contributed by atoms with Crippen molar-refractivity contribution in [2.45, 2.75) is 102 Å². The molecular weight excluding hydrogens is 680 g/mol. The number of nitrogens with zero attached hydrogens (tertiary/aromatic N) is 2. The molecule has 3 fully saturated rings. The Labute approximate surface area is 298 Å². The van der Waals surface area contributed by atoms with Crippen LogP contribution in [-0.4, -0.2) is 90.6 Å². The number of pyridine rings is 1. The van der Waals surface area contributed by atoms with Crippen molar-refractivity contribution >= 4 is 44.8 Å². The molecule has 51 heavy (non-hydrogen) atoms. The Hall–Kier alpha value is -4.44. The summed E-state index contributed by atoms with van der Waals surface area (Å²) in [7, 11) is -2.91. The molecule has 15 nitrogen and oxygen atoms in total. The van der Waals surface area contributed by atoms with Gasteiger partial charge in [-0.25, -0.2) is 18.7 Å². The van der Waals surface area contributed by atoms with Crippen molar-refractivity contribution in [1.82, 2.24) is 30.6 Å². The van der Waals surface area contributed by atoms with Crippen molar-refractivity contribution in [2.24, 2.45) is 11.8 Å². The summed E-state index contributed by atoms with van der Waals surface area (Å²) < 4.78 is 44.2. The number of hydrogen-bond acceptors (Lipinski definition) is 10. The van der Waals surface area contributed by atoms with Crippen LogP contribution in [0.3, 0.4) is 0 Å². The lowest BCUT2D eigenvalue weighted by atomic mass is 10.0. The van der Waals surface area contributed by atoms with E-state index in [-0.39, 0.29) is 31.2 Å². The average molecular weight is 729 g/mol. The van der Waals surface area contributed by atoms with Crippen molar-refractivity contribution in [1.29, 1.82) is 0 Å². The minimum absolute atomic E-state index is 0.0149. The van der Waals surface area contributed by atoms with Crippen LogP contribution in [0.15, 0.2) is 43.1 Å². The van der Waals surface area contributed by atoms with E-state index in [2.05, 4.69) is 27.5 Å². The Morgan fingerprint density at radius 1 is 1.14 bits per heavy atom. The first-order valence-corrected chi connectivity index (χ1v) is 18.4. The van der Waals surface area contributed by atoms with Crippen LogP contribution in [0.1, 0.15) is 67.2 Å². The lowest BCUT2D eigenvalue weighted by Gasteiger charge is -2.32. The second-order valence-electron chi connectivity index (χ2n) is 15.2. The van der Waals surface area contributed by atoms with E-state index in [4.69, 9.17) is 13.7 Å². The summed E-state index contributed by atoms with van der Waals surface area (Å²) in [5.74, 6) is -2.20. The highest BCUT2D eigenvalue weighted by atomic mass is 32.2. The van der Waals surface area contributed by atoms with Gasteiger partial charge in [-0.3, -0.25) is 14.4 Å². The predicted octanol–water partition coefficient (Wildman–Crippen LogP) is 2.71. The zero-order valence-electron chi connectivity index (χ0n) is 30.1. The van der Waals surface area contributed by atoms with Gasteiger partial charge in [-0.2, -0.15) is 8.42 Å². The predicted molar refractivity (Wildman–Crippen MR) is 188 cm³/mol. The van der Waals surface area contributed by atoms with Crippen LogP contribution in [0.2, 0.25) is 0 Å². The van der Waals surface area contributed by atoms with Crippen LogP contribution < -0.4 is 30.1 Å². The molecule has 1 aromatic carbocycles. The molecule has 5 rings (SSSR count). The molecule has 278 valence electrons. The molecule has 2 heterocycles. The Kier molecular flexibility index (Phi) is 10.3. The van der Waals surface area contributed by atoms with Gasteiger partial charge < -0.3 is 30.3 Å². The van der Waals surface area contributed by atoms with Gasteiger partial charge >= 0.3 is 16.3 Å². The molecule has 3 aliphatic rings. The van der Waals surface area contributed by atoms with Crippen LogP contribution in [0.5, 0.6) is 11.6 Å². The number of urea groups is 1. The number of carbonyl (C=O) groups excluding carboxylic acids is 4. The molecule has 0 spiro atoms. The fourth-order valence-electron chi connectivity index (χ4n) is 6.18. The zero-order chi connectivity index (χ0) is 37.5. The maximum absolute atomic E-state index is 14.3. The molecule has 1 aromatic heterocycles. The number of rotatable bonds is 13. The molecule has 4 N–H and O–H groups in total. The zero-order valence-corrected chi connectivity index (χ0v) is 30.9. The molecule has 0 radical (unpaired) electrons. The maximum atomic E-state index is 14.3. The van der Waals surface area contributed by atoms with Crippen LogP contribution in [-0.2, 0) is 28.9 Å². The summed E-state index contributed by atoms with van der Waals surface area (Å²) in [6, 6.07) is 4.49. The molecule has 0 bridgehead atoms. The number of hydrogen-bond donors (Lipinski definition) is 4. The second-order valence-corrected chi connectivity index (χ2v) is 16.5. The Balaban J connectivity index is 1.41. The number of fused-ring (bicyclic) bond motifs is 1. The number of ether oxygens (including phenoxy) is 2. The minimum Gasteiger partial charge on any atom is -0.497 e. The van der Waals surface area contributed by atoms with Crippen molar-refractivity contribution in [3.63, 3.8) is 0 Å². The summed E-state index contributed by atoms with van der Waals surface area (Å²) >= 11 is 0. The van der Waals surface area contributed by atoms with E-state index in [1.165, 1.54) is 11.0 Å². The first-order valence-electron chi connectivity index (χ1n) is 17.0. The molecule has 2 saturated carbocycles. The van der Waals surface area contributed by atoms with E-state index in [1.807, 2.05) is 31.6 Å². The third-order valence-electron chi connectivity index (χ3n) is 9.30. The van der Waals surface area contributed by atoms with Gasteiger partial charge in [0.2, 0.25) is 17.7 Å². The van der Waals surface area contributed by atoms with E-state index in [0.717, 1.165) is 5.39 Å². The Morgan fingerprint density at radius 3 is 2.43 bits per heavy atom. The maximum Gasteiger partial charge on any atom is 0.362 e. The standard InChI is InChI=1S/C35H48N6O9S/c1-9-22-18-35(22,31(44)40-51(46,47)50-34(7)13-14-34)38-28(42)26-17-24(49-29-25-11-10-23(48-8)16-21(25)12-15-36-29)19-41(26)30(43)27(20(2)3)37-32(45)39-33(4,5)6/h9-12,15-16,20,22,24,26-27H,1,13-14,17-19H2,2-8H3,(H,38,42)(H,40,44)(H2,37,39,45)/t22?,24-,26?,27+,35-/m1/s1. The lowest BCUT2D eigenvalue weighted by Crippen LogP contribution is -2.60. The first kappa shape index (κ1) is 37.8. The Bertz CT molecular complexity index is 1820. The van der Waals surface area contributed by atoms with E-state index >= 15 is 0 Å². The van der Waals surface area contributed by atoms with E-state index < -0.39 is 74.8 Å². The fourth-order valence-corrected chi connectivity index (χ4v) is 7.33. The fraction of sp³-hybridized carbons (Fsp3) is 0.571. The van der Waals surface area contributed by atoms with Gasteiger partial charge in [0.25, 0.3) is 5.91 Å².